The fourth-order valence-corrected chi connectivity index (χ4v) is 10.3. The molecule has 1 saturated carbocycles. The van der Waals surface area contributed by atoms with Gasteiger partial charge in [0.25, 0.3) is 0 Å². The molecule has 1 spiro atoms. The Balaban J connectivity index is 1.22. The average Bonchev–Trinajstić information content (AvgIpc) is 3.44. The monoisotopic (exact) mass is 745 g/mol. The third kappa shape index (κ3) is 7.11. The lowest BCUT2D eigenvalue weighted by molar-refractivity contribution is 0.0106. The van der Waals surface area contributed by atoms with Gasteiger partial charge in [0.15, 0.2) is 5.82 Å². The first-order valence-electron chi connectivity index (χ1n) is 18.5. The highest BCUT2D eigenvalue weighted by Gasteiger charge is 2.54. The summed E-state index contributed by atoms with van der Waals surface area (Å²) in [6.07, 6.45) is 8.44. The number of rotatable bonds is 8. The maximum atomic E-state index is 13.2. The van der Waals surface area contributed by atoms with Crippen molar-refractivity contribution in [3.63, 3.8) is 0 Å². The van der Waals surface area contributed by atoms with E-state index in [1.807, 2.05) is 50.7 Å². The van der Waals surface area contributed by atoms with Gasteiger partial charge < -0.3 is 19.3 Å². The molecule has 3 atom stereocenters. The van der Waals surface area contributed by atoms with E-state index in [4.69, 9.17) is 23.8 Å². The highest BCUT2D eigenvalue weighted by molar-refractivity contribution is 7.16. The van der Waals surface area contributed by atoms with E-state index in [9.17, 15) is 10.1 Å². The largest absolute Gasteiger partial charge is 0.473 e. The van der Waals surface area contributed by atoms with Crippen molar-refractivity contribution >= 4 is 46.1 Å². The summed E-state index contributed by atoms with van der Waals surface area (Å²) in [5, 5.41) is 11.1. The zero-order chi connectivity index (χ0) is 37.0. The van der Waals surface area contributed by atoms with Crippen LogP contribution in [0, 0.1) is 11.3 Å². The average molecular weight is 746 g/mol. The molecule has 0 bridgehead atoms. The second-order valence-corrected chi connectivity index (χ2v) is 18.2. The Morgan fingerprint density at radius 1 is 1.17 bits per heavy atom. The summed E-state index contributed by atoms with van der Waals surface area (Å²) in [6, 6.07) is 6.88. The Bertz CT molecular complexity index is 1890. The highest BCUT2D eigenvalue weighted by atomic mass is 32.1. The van der Waals surface area contributed by atoms with Crippen molar-refractivity contribution in [3.8, 4) is 23.5 Å². The molecule has 0 N–H and O–H groups in total. The zero-order valence-corrected chi connectivity index (χ0v) is 33.4. The van der Waals surface area contributed by atoms with Crippen molar-refractivity contribution in [1.82, 2.24) is 29.0 Å². The lowest BCUT2D eigenvalue weighted by atomic mass is 9.71. The number of amides is 1. The van der Waals surface area contributed by atoms with Gasteiger partial charge >= 0.3 is 6.09 Å². The normalized spacial score (nSPS) is 23.5. The van der Waals surface area contributed by atoms with Crippen LogP contribution in [0.1, 0.15) is 94.0 Å². The predicted molar refractivity (Wildman–Crippen MR) is 206 cm³/mol. The molecular weight excluding hydrogens is 695 g/mol. The number of hydrogen-bond acceptors (Lipinski definition) is 12. The molecule has 3 aromatic heterocycles. The molecule has 0 radical (unpaired) electrons. The molecule has 3 fully saturated rings. The fraction of sp³-hybridized carbons (Fsp3) is 0.632. The number of fused-ring (bicyclic) bond motifs is 1. The van der Waals surface area contributed by atoms with E-state index in [2.05, 4.69) is 47.8 Å². The summed E-state index contributed by atoms with van der Waals surface area (Å²) in [7, 11) is 6.02. The number of thiophene rings is 1. The summed E-state index contributed by atoms with van der Waals surface area (Å²) < 4.78 is 17.4. The number of ether oxygens (including phenoxy) is 2. The summed E-state index contributed by atoms with van der Waals surface area (Å²) in [5.41, 5.74) is 1.24. The zero-order valence-electron chi connectivity index (χ0n) is 31.7. The molecule has 4 aliphatic rings. The number of likely N-dealkylation sites (tertiary alicyclic amines) is 1. The minimum atomic E-state index is -0.549. The van der Waals surface area contributed by atoms with Gasteiger partial charge in [-0.2, -0.15) is 14.6 Å². The van der Waals surface area contributed by atoms with Crippen LogP contribution in [0.5, 0.6) is 5.88 Å². The molecule has 2 aliphatic heterocycles. The van der Waals surface area contributed by atoms with Crippen molar-refractivity contribution in [2.75, 3.05) is 52.2 Å². The van der Waals surface area contributed by atoms with Crippen LogP contribution in [0.2, 0.25) is 0 Å². The van der Waals surface area contributed by atoms with E-state index in [0.717, 1.165) is 72.8 Å². The van der Waals surface area contributed by atoms with Crippen LogP contribution < -0.4 is 9.64 Å². The minimum absolute atomic E-state index is 0.0557. The van der Waals surface area contributed by atoms with Crippen molar-refractivity contribution in [2.45, 2.75) is 108 Å². The second-order valence-electron chi connectivity index (χ2n) is 16.3. The van der Waals surface area contributed by atoms with Gasteiger partial charge in [0.2, 0.25) is 5.88 Å². The van der Waals surface area contributed by atoms with E-state index in [1.165, 1.54) is 16.4 Å². The number of likely N-dealkylation sites (N-methyl/N-ethyl adjacent to an activating group) is 1. The van der Waals surface area contributed by atoms with Gasteiger partial charge in [-0.3, -0.25) is 9.80 Å². The van der Waals surface area contributed by atoms with Crippen LogP contribution in [0.25, 0.3) is 11.5 Å². The van der Waals surface area contributed by atoms with Crippen LogP contribution in [-0.2, 0) is 16.6 Å². The molecule has 0 unspecified atom stereocenters. The Kier molecular flexibility index (Phi) is 9.76. The Labute approximate surface area is 315 Å². The second kappa shape index (κ2) is 13.9. The van der Waals surface area contributed by atoms with E-state index in [-0.39, 0.29) is 23.2 Å². The fourth-order valence-electron chi connectivity index (χ4n) is 8.10. The Morgan fingerprint density at radius 2 is 1.96 bits per heavy atom. The van der Waals surface area contributed by atoms with E-state index >= 15 is 0 Å². The van der Waals surface area contributed by atoms with Crippen LogP contribution in [0.4, 0.5) is 15.6 Å². The number of aryl methyl sites for hydroxylation is 1. The summed E-state index contributed by atoms with van der Waals surface area (Å²) >= 11 is 3.09. The van der Waals surface area contributed by atoms with Gasteiger partial charge in [0, 0.05) is 61.0 Å². The van der Waals surface area contributed by atoms with Gasteiger partial charge in [-0.05, 0) is 109 Å². The maximum Gasteiger partial charge on any atom is 0.410 e. The number of aromatic nitrogens is 3. The molecule has 12 nitrogen and oxygen atoms in total. The molecule has 52 heavy (non-hydrogen) atoms. The lowest BCUT2D eigenvalue weighted by Crippen LogP contribution is -2.58. The Morgan fingerprint density at radius 3 is 2.63 bits per heavy atom. The smallest absolute Gasteiger partial charge is 0.410 e. The van der Waals surface area contributed by atoms with Crippen molar-refractivity contribution < 1.29 is 14.3 Å². The molecule has 0 aromatic carbocycles. The van der Waals surface area contributed by atoms with Crippen LogP contribution in [0.3, 0.4) is 0 Å². The van der Waals surface area contributed by atoms with Crippen molar-refractivity contribution in [1.29, 1.82) is 5.26 Å². The molecule has 2 saturated heterocycles. The predicted octanol–water partition coefficient (Wildman–Crippen LogP) is 6.85. The van der Waals surface area contributed by atoms with Gasteiger partial charge in [-0.1, -0.05) is 6.92 Å². The number of carbonyl (C=O) groups excluding carboxylic acids is 1. The molecule has 3 aromatic rings. The molecule has 7 rings (SSSR count). The number of nitrogens with zero attached hydrogens (tertiary/aromatic N) is 9. The van der Waals surface area contributed by atoms with E-state index < -0.39 is 5.60 Å². The maximum absolute atomic E-state index is 13.2. The van der Waals surface area contributed by atoms with Crippen LogP contribution >= 0.6 is 22.9 Å². The van der Waals surface area contributed by atoms with Crippen molar-refractivity contribution in [2.24, 2.45) is 4.99 Å². The topological polar surface area (TPSA) is 123 Å². The Hall–Kier alpha value is -3.80. The van der Waals surface area contributed by atoms with Crippen LogP contribution in [0.15, 0.2) is 17.1 Å². The third-order valence-electron chi connectivity index (χ3n) is 10.9. The number of carbonyl (C=O) groups is 1. The molecular formula is C38H51N9O3S2. The number of hydrogen-bond donors (Lipinski definition) is 0. The van der Waals surface area contributed by atoms with Crippen LogP contribution in [-0.4, -0.2) is 112 Å². The number of anilines is 1. The lowest BCUT2D eigenvalue weighted by Gasteiger charge is -2.42. The number of piperazine rings is 1. The minimum Gasteiger partial charge on any atom is -0.473 e. The molecule has 1 amide bonds. The first kappa shape index (κ1) is 36.6. The van der Waals surface area contributed by atoms with Gasteiger partial charge in [0.05, 0.1) is 17.4 Å². The third-order valence-corrected chi connectivity index (χ3v) is 13.1. The molecule has 278 valence electrons. The molecule has 5 heterocycles. The van der Waals surface area contributed by atoms with E-state index in [0.29, 0.717) is 48.6 Å². The van der Waals surface area contributed by atoms with Gasteiger partial charge in [-0.15, -0.1) is 11.3 Å². The molecule has 14 heteroatoms. The first-order chi connectivity index (χ1) is 24.7. The quantitative estimate of drug-likeness (QED) is 0.179. The highest BCUT2D eigenvalue weighted by Crippen LogP contribution is 2.52. The van der Waals surface area contributed by atoms with Gasteiger partial charge in [-0.25, -0.2) is 14.8 Å². The standard InChI is InChI=1S/C38H51N9O3S2/c1-24(27-11-10-16-45(27)8)49-31-20-30(46-17-18-47(38(22-46)14-15-38)35(48)50-36(2,3)4)41-33(42-31)26-19-29(52-43-26)37(5)13-9-12-28-32(37)25(21-39)34(51-28)40-23-44(6)7/h19-20,23-24,27H,9-18,22H2,1-8H3/b40-23+/t24-,27-,37+/m0/s1. The van der Waals surface area contributed by atoms with Gasteiger partial charge in [0.1, 0.15) is 34.3 Å². The molecule has 2 aliphatic carbocycles. The SMILES string of the molecule is C[C@H](Oc1cc(N2CCN(C(=O)OC(C)(C)C)C3(CC3)C2)nc(-c2cc([C@@]3(C)CCCc4sc(/N=C/N(C)C)c(C#N)c43)sn2)n1)[C@@H]1CCCN1C. The van der Waals surface area contributed by atoms with Crippen molar-refractivity contribution in [3.05, 3.63) is 33.0 Å². The number of aliphatic imine (C=N–C) groups is 1. The summed E-state index contributed by atoms with van der Waals surface area (Å²) in [6.45, 7) is 13.0. The first-order valence-corrected chi connectivity index (χ1v) is 20.0. The number of nitriles is 1. The summed E-state index contributed by atoms with van der Waals surface area (Å²) in [4.78, 5) is 38.8. The summed E-state index contributed by atoms with van der Waals surface area (Å²) in [5.74, 6) is 1.82. The van der Waals surface area contributed by atoms with E-state index in [1.54, 1.807) is 17.7 Å².